The maximum absolute atomic E-state index is 6.07. The second-order valence-electron chi connectivity index (χ2n) is 5.69. The number of furan rings is 1. The summed E-state index contributed by atoms with van der Waals surface area (Å²) in [6, 6.07) is 12.0. The van der Waals surface area contributed by atoms with Crippen molar-refractivity contribution in [3.63, 3.8) is 0 Å². The molecule has 22 heavy (non-hydrogen) atoms. The predicted octanol–water partition coefficient (Wildman–Crippen LogP) is 5.20. The van der Waals surface area contributed by atoms with Gasteiger partial charge in [-0.3, -0.25) is 0 Å². The van der Waals surface area contributed by atoms with E-state index in [0.29, 0.717) is 0 Å². The third-order valence-electron chi connectivity index (χ3n) is 4.19. The van der Waals surface area contributed by atoms with Crippen LogP contribution in [0.3, 0.4) is 0 Å². The molecule has 1 aliphatic carbocycles. The Hall–Kier alpha value is -1.58. The average molecular weight is 336 g/mol. The highest BCUT2D eigenvalue weighted by Gasteiger charge is 2.51. The molecule has 0 radical (unpaired) electrons. The number of ether oxygens (including phenoxy) is 1. The van der Waals surface area contributed by atoms with Crippen LogP contribution >= 0.6 is 23.2 Å². The average Bonchev–Trinajstić information content (AvgIpc) is 2.97. The van der Waals surface area contributed by atoms with Crippen LogP contribution in [0.4, 0.5) is 5.69 Å². The van der Waals surface area contributed by atoms with Crippen molar-refractivity contribution in [2.24, 2.45) is 5.92 Å². The van der Waals surface area contributed by atoms with Gasteiger partial charge in [-0.2, -0.15) is 0 Å². The van der Waals surface area contributed by atoms with Gasteiger partial charge in [0.15, 0.2) is 0 Å². The molecule has 3 aromatic rings. The Morgan fingerprint density at radius 3 is 2.73 bits per heavy atom. The quantitative estimate of drug-likeness (QED) is 0.665. The molecule has 1 aromatic heterocycles. The first-order valence-corrected chi connectivity index (χ1v) is 7.95. The maximum Gasteiger partial charge on any atom is 0.142 e. The second-order valence-corrected chi connectivity index (χ2v) is 7.23. The van der Waals surface area contributed by atoms with Gasteiger partial charge in [-0.15, -0.1) is 23.2 Å². The molecule has 1 N–H and O–H groups in total. The molecule has 1 heterocycles. The number of methoxy groups -OCH3 is 1. The van der Waals surface area contributed by atoms with Gasteiger partial charge in [0.1, 0.15) is 21.2 Å². The number of nitrogens with one attached hydrogen (secondary N) is 1. The Morgan fingerprint density at radius 2 is 2.00 bits per heavy atom. The second kappa shape index (κ2) is 4.97. The zero-order valence-electron chi connectivity index (χ0n) is 12.0. The Kier molecular flexibility index (Phi) is 3.17. The molecule has 0 bridgehead atoms. The molecule has 0 saturated heterocycles. The van der Waals surface area contributed by atoms with E-state index in [1.54, 1.807) is 7.11 Å². The molecule has 3 nitrogen and oxygen atoms in total. The summed E-state index contributed by atoms with van der Waals surface area (Å²) in [5, 5.41) is 5.50. The van der Waals surface area contributed by atoms with Crippen molar-refractivity contribution in [2.45, 2.75) is 10.8 Å². The summed E-state index contributed by atoms with van der Waals surface area (Å²) in [7, 11) is 1.67. The van der Waals surface area contributed by atoms with E-state index in [-0.39, 0.29) is 5.92 Å². The van der Waals surface area contributed by atoms with Crippen LogP contribution < -0.4 is 10.1 Å². The summed E-state index contributed by atoms with van der Waals surface area (Å²) < 4.78 is 10.8. The van der Waals surface area contributed by atoms with Gasteiger partial charge in [0.25, 0.3) is 0 Å². The summed E-state index contributed by atoms with van der Waals surface area (Å²) in [6.07, 6.45) is 0.818. The van der Waals surface area contributed by atoms with Crippen molar-refractivity contribution in [1.29, 1.82) is 0 Å². The lowest BCUT2D eigenvalue weighted by molar-refractivity contribution is 0.417. The van der Waals surface area contributed by atoms with Crippen LogP contribution in [0.2, 0.25) is 0 Å². The van der Waals surface area contributed by atoms with Gasteiger partial charge >= 0.3 is 0 Å². The van der Waals surface area contributed by atoms with Gasteiger partial charge in [0, 0.05) is 29.3 Å². The fraction of sp³-hybridized carbons (Fsp3) is 0.294. The molecule has 1 aliphatic rings. The Labute approximate surface area is 138 Å². The molecule has 1 fully saturated rings. The van der Waals surface area contributed by atoms with Gasteiger partial charge < -0.3 is 14.5 Å². The minimum atomic E-state index is -0.580. The fourth-order valence-electron chi connectivity index (χ4n) is 2.78. The van der Waals surface area contributed by atoms with Crippen molar-refractivity contribution in [3.8, 4) is 5.75 Å². The summed E-state index contributed by atoms with van der Waals surface area (Å²) in [4.78, 5) is 0. The van der Waals surface area contributed by atoms with E-state index >= 15 is 0 Å². The largest absolute Gasteiger partial charge is 0.495 e. The number of hydrogen-bond acceptors (Lipinski definition) is 3. The molecule has 0 unspecified atom stereocenters. The number of hydrogen-bond donors (Lipinski definition) is 1. The maximum atomic E-state index is 6.07. The monoisotopic (exact) mass is 335 g/mol. The normalized spacial score (nSPS) is 19.5. The first kappa shape index (κ1) is 14.0. The molecule has 0 spiro atoms. The van der Waals surface area contributed by atoms with E-state index in [1.807, 2.05) is 36.4 Å². The molecule has 2 aromatic carbocycles. The van der Waals surface area contributed by atoms with Crippen molar-refractivity contribution in [2.75, 3.05) is 19.0 Å². The van der Waals surface area contributed by atoms with E-state index in [2.05, 4.69) is 5.32 Å². The van der Waals surface area contributed by atoms with Crippen LogP contribution in [0.5, 0.6) is 5.75 Å². The number of anilines is 1. The number of fused-ring (bicyclic) bond motifs is 3. The smallest absolute Gasteiger partial charge is 0.142 e. The Morgan fingerprint density at radius 1 is 1.23 bits per heavy atom. The van der Waals surface area contributed by atoms with Gasteiger partial charge in [-0.1, -0.05) is 18.2 Å². The highest BCUT2D eigenvalue weighted by atomic mass is 35.5. The minimum absolute atomic E-state index is 0.270. The van der Waals surface area contributed by atoms with Crippen LogP contribution in [-0.2, 0) is 0 Å². The first-order valence-electron chi connectivity index (χ1n) is 7.19. The third kappa shape index (κ3) is 2.29. The van der Waals surface area contributed by atoms with Crippen LogP contribution in [0.1, 0.15) is 6.42 Å². The van der Waals surface area contributed by atoms with E-state index in [9.17, 15) is 0 Å². The zero-order valence-corrected chi connectivity index (χ0v) is 13.5. The van der Waals surface area contributed by atoms with Gasteiger partial charge in [0.2, 0.25) is 0 Å². The lowest BCUT2D eigenvalue weighted by Gasteiger charge is -2.11. The van der Waals surface area contributed by atoms with Crippen molar-refractivity contribution < 1.29 is 9.15 Å². The zero-order chi connectivity index (χ0) is 15.3. The molecule has 114 valence electrons. The fourth-order valence-corrected chi connectivity index (χ4v) is 3.31. The highest BCUT2D eigenvalue weighted by Crippen LogP contribution is 2.53. The van der Waals surface area contributed by atoms with Gasteiger partial charge in [-0.05, 0) is 18.6 Å². The summed E-state index contributed by atoms with van der Waals surface area (Å²) in [5.74, 6) is 1.06. The lowest BCUT2D eigenvalue weighted by atomic mass is 10.1. The van der Waals surface area contributed by atoms with E-state index < -0.39 is 4.33 Å². The molecule has 0 amide bonds. The number of rotatable bonds is 4. The summed E-state index contributed by atoms with van der Waals surface area (Å²) in [5.41, 5.74) is 2.60. The summed E-state index contributed by atoms with van der Waals surface area (Å²) in [6.45, 7) is 0.717. The Balaban J connectivity index is 1.72. The van der Waals surface area contributed by atoms with E-state index in [0.717, 1.165) is 46.3 Å². The third-order valence-corrected chi connectivity index (χ3v) is 5.12. The number of para-hydroxylation sites is 1. The number of halogens is 2. The Bertz CT molecular complexity index is 856. The van der Waals surface area contributed by atoms with Gasteiger partial charge in [0.05, 0.1) is 12.8 Å². The molecule has 1 atom stereocenters. The van der Waals surface area contributed by atoms with Crippen molar-refractivity contribution in [3.05, 3.63) is 36.4 Å². The van der Waals surface area contributed by atoms with E-state index in [1.165, 1.54) is 0 Å². The molecular formula is C17H15Cl2NO2. The van der Waals surface area contributed by atoms with E-state index in [4.69, 9.17) is 32.4 Å². The lowest BCUT2D eigenvalue weighted by Crippen LogP contribution is -2.08. The molecule has 4 rings (SSSR count). The van der Waals surface area contributed by atoms with Crippen LogP contribution in [0.25, 0.3) is 21.9 Å². The standard InChI is InChI=1S/C17H15Cl2NO2/c1-21-16-6-12-11-4-2-3-5-14(11)22-15(12)7-13(16)20-9-10-8-17(10,18)19/h2-7,10,20H,8-9H2,1H3/t10-/m1/s1. The number of alkyl halides is 2. The molecular weight excluding hydrogens is 321 g/mol. The van der Waals surface area contributed by atoms with Crippen LogP contribution in [0, 0.1) is 5.92 Å². The van der Waals surface area contributed by atoms with Crippen LogP contribution in [0.15, 0.2) is 40.8 Å². The first-order chi connectivity index (χ1) is 10.6. The topological polar surface area (TPSA) is 34.4 Å². The van der Waals surface area contributed by atoms with Crippen molar-refractivity contribution >= 4 is 50.8 Å². The highest BCUT2D eigenvalue weighted by molar-refractivity contribution is 6.50. The molecule has 0 aliphatic heterocycles. The minimum Gasteiger partial charge on any atom is -0.495 e. The summed E-state index contributed by atoms with van der Waals surface area (Å²) >= 11 is 12.1. The van der Waals surface area contributed by atoms with Gasteiger partial charge in [-0.25, -0.2) is 0 Å². The van der Waals surface area contributed by atoms with Crippen molar-refractivity contribution in [1.82, 2.24) is 0 Å². The molecule has 1 saturated carbocycles. The predicted molar refractivity (Wildman–Crippen MR) is 91.3 cm³/mol. The SMILES string of the molecule is COc1cc2c(cc1NC[C@H]1CC1(Cl)Cl)oc1ccccc12. The van der Waals surface area contributed by atoms with Crippen LogP contribution in [-0.4, -0.2) is 18.0 Å². The number of benzene rings is 2. The molecule has 5 heteroatoms.